The van der Waals surface area contributed by atoms with E-state index in [9.17, 15) is 4.79 Å². The fourth-order valence-electron chi connectivity index (χ4n) is 4.28. The highest BCUT2D eigenvalue weighted by molar-refractivity contribution is 5.96. The summed E-state index contributed by atoms with van der Waals surface area (Å²) in [6.07, 6.45) is 3.49. The van der Waals surface area contributed by atoms with Gasteiger partial charge in [-0.15, -0.1) is 0 Å². The highest BCUT2D eigenvalue weighted by atomic mass is 16.5. The number of hydrogen-bond donors (Lipinski definition) is 1. The van der Waals surface area contributed by atoms with Crippen LogP contribution in [0.1, 0.15) is 49.3 Å². The minimum Gasteiger partial charge on any atom is -0.378 e. The van der Waals surface area contributed by atoms with Crippen LogP contribution in [0, 0.1) is 11.8 Å². The van der Waals surface area contributed by atoms with E-state index in [0.29, 0.717) is 29.5 Å². The molecule has 27 heavy (non-hydrogen) atoms. The average molecular weight is 371 g/mol. The van der Waals surface area contributed by atoms with E-state index in [-0.39, 0.29) is 0 Å². The monoisotopic (exact) mass is 371 g/mol. The van der Waals surface area contributed by atoms with E-state index in [4.69, 9.17) is 15.6 Å². The second-order valence-corrected chi connectivity index (χ2v) is 8.47. The normalized spacial score (nSPS) is 24.4. The Hall–Kier alpha value is -1.99. The van der Waals surface area contributed by atoms with Crippen molar-refractivity contribution in [1.29, 1.82) is 0 Å². The number of likely N-dealkylation sites (tertiary alicyclic amines) is 1. The first-order valence-electron chi connectivity index (χ1n) is 9.92. The Morgan fingerprint density at radius 2 is 2.19 bits per heavy atom. The quantitative estimate of drug-likeness (QED) is 0.869. The van der Waals surface area contributed by atoms with Gasteiger partial charge in [0.2, 0.25) is 5.91 Å². The zero-order valence-electron chi connectivity index (χ0n) is 16.4. The molecule has 0 spiro atoms. The van der Waals surface area contributed by atoms with Gasteiger partial charge in [0, 0.05) is 24.7 Å². The molecule has 2 saturated heterocycles. The van der Waals surface area contributed by atoms with Gasteiger partial charge in [0.1, 0.15) is 0 Å². The van der Waals surface area contributed by atoms with Crippen LogP contribution in [0.5, 0.6) is 0 Å². The molecule has 7 heteroatoms. The summed E-state index contributed by atoms with van der Waals surface area (Å²) in [5, 5.41) is 5.93. The summed E-state index contributed by atoms with van der Waals surface area (Å²) in [7, 11) is 0. The van der Waals surface area contributed by atoms with Crippen molar-refractivity contribution in [2.45, 2.75) is 45.7 Å². The third-order valence-electron chi connectivity index (χ3n) is 5.85. The van der Waals surface area contributed by atoms with E-state index < -0.39 is 5.91 Å². The summed E-state index contributed by atoms with van der Waals surface area (Å²) < 4.78 is 7.46. The predicted octanol–water partition coefficient (Wildman–Crippen LogP) is 2.01. The molecular formula is C20H29N5O2. The number of fused-ring (bicyclic) bond motifs is 1. The van der Waals surface area contributed by atoms with Gasteiger partial charge < -0.3 is 10.5 Å². The van der Waals surface area contributed by atoms with Crippen LogP contribution in [0.15, 0.2) is 12.3 Å². The lowest BCUT2D eigenvalue weighted by Gasteiger charge is -2.44. The van der Waals surface area contributed by atoms with Gasteiger partial charge in [-0.1, -0.05) is 20.8 Å². The van der Waals surface area contributed by atoms with E-state index >= 15 is 0 Å². The fraction of sp³-hybridized carbons (Fsp3) is 0.650. The molecule has 0 unspecified atom stereocenters. The summed E-state index contributed by atoms with van der Waals surface area (Å²) in [6, 6.07) is 2.75. The molecular weight excluding hydrogens is 342 g/mol. The molecule has 0 bridgehead atoms. The summed E-state index contributed by atoms with van der Waals surface area (Å²) in [4.78, 5) is 18.7. The van der Waals surface area contributed by atoms with Crippen molar-refractivity contribution in [3.05, 3.63) is 23.5 Å². The third kappa shape index (κ3) is 3.46. The van der Waals surface area contributed by atoms with Crippen molar-refractivity contribution in [2.75, 3.05) is 26.3 Å². The molecule has 4 heterocycles. The maximum Gasteiger partial charge on any atom is 0.250 e. The van der Waals surface area contributed by atoms with Gasteiger partial charge in [-0.3, -0.25) is 9.69 Å². The first-order valence-corrected chi connectivity index (χ1v) is 9.92. The van der Waals surface area contributed by atoms with Crippen molar-refractivity contribution in [2.24, 2.45) is 17.6 Å². The Morgan fingerprint density at radius 3 is 2.78 bits per heavy atom. The van der Waals surface area contributed by atoms with Crippen molar-refractivity contribution in [1.82, 2.24) is 19.7 Å². The molecule has 4 rings (SSSR count). The van der Waals surface area contributed by atoms with Crippen LogP contribution in [0.4, 0.5) is 0 Å². The number of nitrogens with zero attached hydrogens (tertiary/aromatic N) is 4. The maximum absolute atomic E-state index is 11.6. The Labute approximate surface area is 159 Å². The lowest BCUT2D eigenvalue weighted by molar-refractivity contribution is -0.0806. The number of hydrogen-bond acceptors (Lipinski definition) is 5. The van der Waals surface area contributed by atoms with Crippen molar-refractivity contribution >= 4 is 16.9 Å². The van der Waals surface area contributed by atoms with Crippen molar-refractivity contribution < 1.29 is 9.53 Å². The topological polar surface area (TPSA) is 86.3 Å². The molecule has 0 saturated carbocycles. The number of carbonyl (C=O) groups excluding carboxylic acids is 1. The second-order valence-electron chi connectivity index (χ2n) is 8.47. The second kappa shape index (κ2) is 7.20. The van der Waals surface area contributed by atoms with Gasteiger partial charge in [-0.25, -0.2) is 9.67 Å². The van der Waals surface area contributed by atoms with Gasteiger partial charge in [0.05, 0.1) is 36.6 Å². The SMILES string of the molecule is CC(C)Cc1nn([C@@H]2CCN(C3COC3)C[C@H]2C)c2ncc(C(N)=O)cc12. The summed E-state index contributed by atoms with van der Waals surface area (Å²) in [6.45, 7) is 10.5. The zero-order valence-corrected chi connectivity index (χ0v) is 16.4. The number of primary amides is 1. The number of piperidine rings is 1. The molecule has 0 aliphatic carbocycles. The van der Waals surface area contributed by atoms with Crippen LogP contribution in [0.25, 0.3) is 11.0 Å². The number of carbonyl (C=O) groups is 1. The van der Waals surface area contributed by atoms with Crippen LogP contribution in [0.3, 0.4) is 0 Å². The number of pyridine rings is 1. The zero-order chi connectivity index (χ0) is 19.1. The smallest absolute Gasteiger partial charge is 0.250 e. The number of nitrogens with two attached hydrogens (primary N) is 1. The first kappa shape index (κ1) is 18.4. The molecule has 146 valence electrons. The number of aromatic nitrogens is 3. The maximum atomic E-state index is 11.6. The largest absolute Gasteiger partial charge is 0.378 e. The summed E-state index contributed by atoms with van der Waals surface area (Å²) >= 11 is 0. The van der Waals surface area contributed by atoms with Gasteiger partial charge >= 0.3 is 0 Å². The number of ether oxygens (including phenoxy) is 1. The highest BCUT2D eigenvalue weighted by Gasteiger charge is 2.35. The Morgan fingerprint density at radius 1 is 1.41 bits per heavy atom. The van der Waals surface area contributed by atoms with E-state index in [2.05, 4.69) is 35.3 Å². The van der Waals surface area contributed by atoms with E-state index in [0.717, 1.165) is 55.9 Å². The van der Waals surface area contributed by atoms with Crippen LogP contribution in [-0.2, 0) is 11.2 Å². The van der Waals surface area contributed by atoms with E-state index in [1.54, 1.807) is 6.20 Å². The van der Waals surface area contributed by atoms with Crippen molar-refractivity contribution in [3.8, 4) is 0 Å². The molecule has 1 amide bonds. The minimum absolute atomic E-state index is 0.317. The molecule has 2 aliphatic rings. The molecule has 2 N–H and O–H groups in total. The number of amides is 1. The Balaban J connectivity index is 1.67. The average Bonchev–Trinajstić information content (AvgIpc) is 2.90. The molecule has 2 aromatic rings. The van der Waals surface area contributed by atoms with Crippen LogP contribution >= 0.6 is 0 Å². The van der Waals surface area contributed by atoms with Gasteiger partial charge in [-0.2, -0.15) is 5.10 Å². The lowest BCUT2D eigenvalue weighted by atomic mass is 9.92. The molecule has 7 nitrogen and oxygen atoms in total. The highest BCUT2D eigenvalue weighted by Crippen LogP contribution is 2.33. The summed E-state index contributed by atoms with van der Waals surface area (Å²) in [5.74, 6) is 0.510. The van der Waals surface area contributed by atoms with Crippen molar-refractivity contribution in [3.63, 3.8) is 0 Å². The molecule has 2 atom stereocenters. The fourth-order valence-corrected chi connectivity index (χ4v) is 4.28. The van der Waals surface area contributed by atoms with Crippen LogP contribution < -0.4 is 5.73 Å². The molecule has 0 radical (unpaired) electrons. The van der Waals surface area contributed by atoms with Gasteiger partial charge in [0.15, 0.2) is 5.65 Å². The first-order chi connectivity index (χ1) is 12.9. The lowest BCUT2D eigenvalue weighted by Crippen LogP contribution is -2.54. The van der Waals surface area contributed by atoms with E-state index in [1.807, 2.05) is 6.07 Å². The predicted molar refractivity (Wildman–Crippen MR) is 104 cm³/mol. The molecule has 0 aromatic carbocycles. The molecule has 2 fully saturated rings. The standard InChI is InChI=1S/C20H29N5O2/c1-12(2)6-17-16-7-14(19(21)26)8-22-20(16)25(23-17)18-4-5-24(9-13(18)3)15-10-27-11-15/h7-8,12-13,15,18H,4-6,9-11H2,1-3H3,(H2,21,26)/t13-,18-/m1/s1. The summed E-state index contributed by atoms with van der Waals surface area (Å²) in [5.41, 5.74) is 7.79. The van der Waals surface area contributed by atoms with E-state index in [1.165, 1.54) is 0 Å². The van der Waals surface area contributed by atoms with Crippen LogP contribution in [-0.4, -0.2) is 57.9 Å². The Kier molecular flexibility index (Phi) is 4.90. The third-order valence-corrected chi connectivity index (χ3v) is 5.85. The minimum atomic E-state index is -0.447. The van der Waals surface area contributed by atoms with Crippen LogP contribution in [0.2, 0.25) is 0 Å². The van der Waals surface area contributed by atoms with Gasteiger partial charge in [0.25, 0.3) is 0 Å². The number of rotatable bonds is 5. The Bertz CT molecular complexity index is 842. The van der Waals surface area contributed by atoms with Gasteiger partial charge in [-0.05, 0) is 30.7 Å². The molecule has 2 aromatic heterocycles. The molecule has 2 aliphatic heterocycles.